The predicted octanol–water partition coefficient (Wildman–Crippen LogP) is 1.72. The van der Waals surface area contributed by atoms with Crippen molar-refractivity contribution in [1.82, 2.24) is 14.7 Å². The van der Waals surface area contributed by atoms with Gasteiger partial charge in [-0.15, -0.1) is 0 Å². The van der Waals surface area contributed by atoms with Crippen molar-refractivity contribution in [2.45, 2.75) is 33.0 Å². The summed E-state index contributed by atoms with van der Waals surface area (Å²) in [5, 5.41) is 0. The largest absolute Gasteiger partial charge is 0.276 e. The summed E-state index contributed by atoms with van der Waals surface area (Å²) in [6.45, 7) is 13.8. The highest BCUT2D eigenvalue weighted by Gasteiger charge is 2.38. The number of rotatable bonds is 7. The van der Waals surface area contributed by atoms with Gasteiger partial charge in [-0.1, -0.05) is 20.8 Å². The maximum absolute atomic E-state index is 4.14. The Morgan fingerprint density at radius 2 is 1.07 bits per heavy atom. The van der Waals surface area contributed by atoms with Crippen molar-refractivity contribution in [2.75, 3.05) is 40.8 Å². The second-order valence-corrected chi connectivity index (χ2v) is 4.07. The molecule has 0 aromatic heterocycles. The average molecular weight is 214 g/mol. The van der Waals surface area contributed by atoms with Crippen LogP contribution in [0.15, 0.2) is 0 Å². The normalized spacial score (nSPS) is 13.2. The van der Waals surface area contributed by atoms with E-state index in [2.05, 4.69) is 63.5 Å². The lowest BCUT2D eigenvalue weighted by Crippen LogP contribution is -2.66. The minimum atomic E-state index is -0.0434. The molecule has 0 spiro atoms. The Balaban J connectivity index is 5.09. The first kappa shape index (κ1) is 14.9. The van der Waals surface area contributed by atoms with Crippen molar-refractivity contribution < 1.29 is 0 Å². The lowest BCUT2D eigenvalue weighted by atomic mass is 10.1. The van der Waals surface area contributed by atoms with Crippen molar-refractivity contribution >= 4 is 0 Å². The summed E-state index contributed by atoms with van der Waals surface area (Å²) in [6.07, 6.45) is 0.867. The van der Waals surface area contributed by atoms with Gasteiger partial charge in [-0.2, -0.15) is 0 Å². The minimum absolute atomic E-state index is 0.0434. The molecule has 0 aliphatic rings. The fourth-order valence-corrected chi connectivity index (χ4v) is 2.21. The molecule has 0 rings (SSSR count). The highest BCUT2D eigenvalue weighted by atomic mass is 15.5. The van der Waals surface area contributed by atoms with E-state index >= 15 is 0 Å². The van der Waals surface area contributed by atoms with Crippen LogP contribution in [-0.4, -0.2) is 61.3 Å². The van der Waals surface area contributed by atoms with Gasteiger partial charge in [0.05, 0.1) is 0 Å². The lowest BCUT2D eigenvalue weighted by molar-refractivity contribution is -0.134. The van der Waals surface area contributed by atoms with E-state index in [1.54, 1.807) is 0 Å². The third-order valence-corrected chi connectivity index (χ3v) is 3.59. The van der Waals surface area contributed by atoms with E-state index in [9.17, 15) is 0 Å². The summed E-state index contributed by atoms with van der Waals surface area (Å²) < 4.78 is 0. The summed E-state index contributed by atoms with van der Waals surface area (Å²) in [7, 11) is 6.51. The second-order valence-electron chi connectivity index (χ2n) is 4.07. The Hall–Kier alpha value is -0.120. The first-order valence-corrected chi connectivity index (χ1v) is 5.94. The fraction of sp³-hybridized carbons (Fsp3) is 0.917. The first-order valence-electron chi connectivity index (χ1n) is 5.94. The van der Waals surface area contributed by atoms with E-state index in [4.69, 9.17) is 0 Å². The van der Waals surface area contributed by atoms with Crippen molar-refractivity contribution in [3.63, 3.8) is 0 Å². The molecule has 3 heteroatoms. The van der Waals surface area contributed by atoms with Gasteiger partial charge in [0.2, 0.25) is 0 Å². The summed E-state index contributed by atoms with van der Waals surface area (Å²) in [4.78, 5) is 7.10. The topological polar surface area (TPSA) is 9.72 Å². The monoisotopic (exact) mass is 214 g/mol. The zero-order valence-electron chi connectivity index (χ0n) is 11.4. The Bertz CT molecular complexity index is 144. The molecule has 0 N–H and O–H groups in total. The van der Waals surface area contributed by atoms with Crippen LogP contribution in [0.2, 0.25) is 0 Å². The van der Waals surface area contributed by atoms with Crippen LogP contribution < -0.4 is 0 Å². The van der Waals surface area contributed by atoms with Gasteiger partial charge in [0.15, 0.2) is 0 Å². The van der Waals surface area contributed by atoms with E-state index in [0.29, 0.717) is 0 Å². The maximum Gasteiger partial charge on any atom is 0.130 e. The maximum atomic E-state index is 4.14. The van der Waals surface area contributed by atoms with Gasteiger partial charge in [-0.05, 0) is 54.1 Å². The third kappa shape index (κ3) is 2.71. The van der Waals surface area contributed by atoms with Crippen molar-refractivity contribution in [3.8, 4) is 0 Å². The SMILES string of the molecule is [CH2]CC(N(C)CC)(N(C)CC)N(C)CC. The zero-order chi connectivity index (χ0) is 12.1. The standard InChI is InChI=1S/C12H28N3/c1-8-12(13(5)9-2,14(6)10-3)15(7)11-4/h1,8-11H2,2-7H3. The molecular formula is C12H28N3. The van der Waals surface area contributed by atoms with E-state index in [1.807, 2.05) is 0 Å². The van der Waals surface area contributed by atoms with Gasteiger partial charge in [-0.25, -0.2) is 0 Å². The molecule has 0 atom stereocenters. The van der Waals surface area contributed by atoms with E-state index < -0.39 is 0 Å². The van der Waals surface area contributed by atoms with Crippen molar-refractivity contribution in [1.29, 1.82) is 0 Å². The van der Waals surface area contributed by atoms with Crippen LogP contribution in [0.3, 0.4) is 0 Å². The van der Waals surface area contributed by atoms with Gasteiger partial charge in [0.25, 0.3) is 0 Å². The number of hydrogen-bond donors (Lipinski definition) is 0. The molecule has 0 aliphatic heterocycles. The van der Waals surface area contributed by atoms with Crippen LogP contribution in [0.25, 0.3) is 0 Å². The Labute approximate surface area is 96.0 Å². The first-order chi connectivity index (χ1) is 7.00. The summed E-state index contributed by atoms with van der Waals surface area (Å²) in [5.41, 5.74) is 0. The van der Waals surface area contributed by atoms with Crippen LogP contribution >= 0.6 is 0 Å². The Morgan fingerprint density at radius 3 is 1.20 bits per heavy atom. The molecule has 15 heavy (non-hydrogen) atoms. The number of hydrogen-bond acceptors (Lipinski definition) is 3. The van der Waals surface area contributed by atoms with Crippen LogP contribution in [0.1, 0.15) is 27.2 Å². The molecule has 3 nitrogen and oxygen atoms in total. The average Bonchev–Trinajstić information content (AvgIpc) is 2.29. The molecule has 0 unspecified atom stereocenters. The van der Waals surface area contributed by atoms with Crippen LogP contribution in [0.5, 0.6) is 0 Å². The molecule has 0 heterocycles. The van der Waals surface area contributed by atoms with Crippen LogP contribution in [-0.2, 0) is 0 Å². The molecule has 1 radical (unpaired) electrons. The van der Waals surface area contributed by atoms with Gasteiger partial charge >= 0.3 is 0 Å². The molecule has 91 valence electrons. The minimum Gasteiger partial charge on any atom is -0.276 e. The second kappa shape index (κ2) is 6.46. The van der Waals surface area contributed by atoms with Crippen molar-refractivity contribution in [2.24, 2.45) is 0 Å². The smallest absolute Gasteiger partial charge is 0.130 e. The highest BCUT2D eigenvalue weighted by Crippen LogP contribution is 2.25. The molecular weight excluding hydrogens is 186 g/mol. The molecule has 0 amide bonds. The summed E-state index contributed by atoms with van der Waals surface area (Å²) in [6, 6.07) is 0. The van der Waals surface area contributed by atoms with Gasteiger partial charge in [0, 0.05) is 0 Å². The molecule has 0 aromatic carbocycles. The summed E-state index contributed by atoms with van der Waals surface area (Å²) in [5.74, 6) is -0.0434. The van der Waals surface area contributed by atoms with Gasteiger partial charge in [-0.3, -0.25) is 14.7 Å². The van der Waals surface area contributed by atoms with Crippen molar-refractivity contribution in [3.05, 3.63) is 6.92 Å². The van der Waals surface area contributed by atoms with Gasteiger partial charge < -0.3 is 0 Å². The predicted molar refractivity (Wildman–Crippen MR) is 67.6 cm³/mol. The molecule has 0 saturated carbocycles. The Morgan fingerprint density at radius 1 is 0.800 bits per heavy atom. The Kier molecular flexibility index (Phi) is 6.41. The molecule has 0 aliphatic carbocycles. The molecule has 0 aromatic rings. The quantitative estimate of drug-likeness (QED) is 0.598. The molecule has 0 bridgehead atoms. The fourth-order valence-electron chi connectivity index (χ4n) is 2.21. The number of nitrogens with zero attached hydrogens (tertiary/aromatic N) is 3. The van der Waals surface area contributed by atoms with Gasteiger partial charge in [0.1, 0.15) is 5.79 Å². The zero-order valence-corrected chi connectivity index (χ0v) is 11.4. The molecule has 0 fully saturated rings. The van der Waals surface area contributed by atoms with E-state index in [0.717, 1.165) is 26.1 Å². The lowest BCUT2D eigenvalue weighted by Gasteiger charge is -2.52. The van der Waals surface area contributed by atoms with Crippen LogP contribution in [0, 0.1) is 6.92 Å². The third-order valence-electron chi connectivity index (χ3n) is 3.59. The van der Waals surface area contributed by atoms with Crippen LogP contribution in [0.4, 0.5) is 0 Å². The van der Waals surface area contributed by atoms with E-state index in [1.165, 1.54) is 0 Å². The highest BCUT2D eigenvalue weighted by molar-refractivity contribution is 4.86. The van der Waals surface area contributed by atoms with E-state index in [-0.39, 0.29) is 5.79 Å². The molecule has 0 saturated heterocycles. The summed E-state index contributed by atoms with van der Waals surface area (Å²) >= 11 is 0.